The SMILES string of the molecule is NC(C(=O)NCCCOCC1CC1)C1CCOCC1. The zero-order valence-electron chi connectivity index (χ0n) is 11.6. The number of hydrogen-bond acceptors (Lipinski definition) is 4. The van der Waals surface area contributed by atoms with Gasteiger partial charge < -0.3 is 20.5 Å². The molecule has 1 heterocycles. The van der Waals surface area contributed by atoms with Crippen molar-refractivity contribution in [2.45, 2.75) is 38.1 Å². The lowest BCUT2D eigenvalue weighted by molar-refractivity contribution is -0.124. The highest BCUT2D eigenvalue weighted by atomic mass is 16.5. The Labute approximate surface area is 115 Å². The summed E-state index contributed by atoms with van der Waals surface area (Å²) in [5, 5.41) is 2.90. The molecule has 0 aromatic carbocycles. The molecule has 1 atom stereocenters. The molecule has 0 spiro atoms. The lowest BCUT2D eigenvalue weighted by Crippen LogP contribution is -2.47. The molecule has 1 unspecified atom stereocenters. The Morgan fingerprint density at radius 1 is 1.32 bits per heavy atom. The van der Waals surface area contributed by atoms with Gasteiger partial charge in [0, 0.05) is 33.0 Å². The van der Waals surface area contributed by atoms with Gasteiger partial charge in [0.1, 0.15) is 0 Å². The fourth-order valence-electron chi connectivity index (χ4n) is 2.33. The monoisotopic (exact) mass is 270 g/mol. The first kappa shape index (κ1) is 14.8. The van der Waals surface area contributed by atoms with E-state index in [4.69, 9.17) is 15.2 Å². The largest absolute Gasteiger partial charge is 0.381 e. The molecule has 0 bridgehead atoms. The highest BCUT2D eigenvalue weighted by Gasteiger charge is 2.26. The number of carbonyl (C=O) groups is 1. The molecular formula is C14H26N2O3. The van der Waals surface area contributed by atoms with Gasteiger partial charge in [-0.25, -0.2) is 0 Å². The molecule has 1 amide bonds. The van der Waals surface area contributed by atoms with Crippen LogP contribution < -0.4 is 11.1 Å². The van der Waals surface area contributed by atoms with Gasteiger partial charge in [-0.05, 0) is 43.9 Å². The number of nitrogens with one attached hydrogen (secondary N) is 1. The van der Waals surface area contributed by atoms with Crippen LogP contribution in [0.5, 0.6) is 0 Å². The van der Waals surface area contributed by atoms with Gasteiger partial charge in [-0.1, -0.05) is 0 Å². The van der Waals surface area contributed by atoms with Crippen molar-refractivity contribution in [3.8, 4) is 0 Å². The smallest absolute Gasteiger partial charge is 0.237 e. The van der Waals surface area contributed by atoms with Crippen molar-refractivity contribution >= 4 is 5.91 Å². The van der Waals surface area contributed by atoms with E-state index in [0.717, 1.165) is 51.6 Å². The standard InChI is InChI=1S/C14H26N2O3/c15-13(12-4-8-18-9-5-12)14(17)16-6-1-7-19-10-11-2-3-11/h11-13H,1-10,15H2,(H,16,17). The summed E-state index contributed by atoms with van der Waals surface area (Å²) in [5.41, 5.74) is 5.98. The summed E-state index contributed by atoms with van der Waals surface area (Å²) >= 11 is 0. The van der Waals surface area contributed by atoms with Crippen LogP contribution in [0.25, 0.3) is 0 Å². The second kappa shape index (κ2) is 7.82. The Morgan fingerprint density at radius 3 is 2.74 bits per heavy atom. The van der Waals surface area contributed by atoms with Crippen molar-refractivity contribution in [3.63, 3.8) is 0 Å². The van der Waals surface area contributed by atoms with Crippen molar-refractivity contribution < 1.29 is 14.3 Å². The minimum atomic E-state index is -0.392. The van der Waals surface area contributed by atoms with E-state index < -0.39 is 6.04 Å². The predicted molar refractivity (Wildman–Crippen MR) is 72.7 cm³/mol. The summed E-state index contributed by atoms with van der Waals surface area (Å²) in [4.78, 5) is 11.9. The Morgan fingerprint density at radius 2 is 2.05 bits per heavy atom. The van der Waals surface area contributed by atoms with E-state index in [9.17, 15) is 4.79 Å². The van der Waals surface area contributed by atoms with Crippen LogP contribution in [0.2, 0.25) is 0 Å². The van der Waals surface area contributed by atoms with Crippen LogP contribution in [0.15, 0.2) is 0 Å². The average Bonchev–Trinajstić information content (AvgIpc) is 3.26. The summed E-state index contributed by atoms with van der Waals surface area (Å²) < 4.78 is 10.8. The lowest BCUT2D eigenvalue weighted by Gasteiger charge is -2.26. The number of amides is 1. The highest BCUT2D eigenvalue weighted by molar-refractivity contribution is 5.81. The van der Waals surface area contributed by atoms with Gasteiger partial charge in [0.05, 0.1) is 6.04 Å². The highest BCUT2D eigenvalue weighted by Crippen LogP contribution is 2.28. The molecule has 0 aromatic rings. The van der Waals surface area contributed by atoms with Crippen LogP contribution in [-0.4, -0.2) is 44.9 Å². The van der Waals surface area contributed by atoms with Crippen LogP contribution in [0, 0.1) is 11.8 Å². The Hall–Kier alpha value is -0.650. The predicted octanol–water partition coefficient (Wildman–Crippen LogP) is 0.673. The summed E-state index contributed by atoms with van der Waals surface area (Å²) in [7, 11) is 0. The van der Waals surface area contributed by atoms with E-state index in [2.05, 4.69) is 5.32 Å². The Kier molecular flexibility index (Phi) is 6.07. The molecule has 110 valence electrons. The molecule has 5 nitrogen and oxygen atoms in total. The third-order valence-electron chi connectivity index (χ3n) is 3.89. The van der Waals surface area contributed by atoms with Crippen LogP contribution >= 0.6 is 0 Å². The van der Waals surface area contributed by atoms with Crippen molar-refractivity contribution in [1.29, 1.82) is 0 Å². The summed E-state index contributed by atoms with van der Waals surface area (Å²) in [6, 6.07) is -0.392. The van der Waals surface area contributed by atoms with Crippen molar-refractivity contribution in [3.05, 3.63) is 0 Å². The van der Waals surface area contributed by atoms with E-state index >= 15 is 0 Å². The van der Waals surface area contributed by atoms with Crippen LogP contribution in [0.1, 0.15) is 32.1 Å². The molecule has 3 N–H and O–H groups in total. The zero-order chi connectivity index (χ0) is 13.5. The number of carbonyl (C=O) groups excluding carboxylic acids is 1. The number of nitrogens with two attached hydrogens (primary N) is 1. The normalized spacial score (nSPS) is 22.2. The maximum Gasteiger partial charge on any atom is 0.237 e. The van der Waals surface area contributed by atoms with E-state index in [1.807, 2.05) is 0 Å². The van der Waals surface area contributed by atoms with E-state index in [0.29, 0.717) is 6.54 Å². The molecule has 2 fully saturated rings. The topological polar surface area (TPSA) is 73.6 Å². The van der Waals surface area contributed by atoms with Gasteiger partial charge in [-0.2, -0.15) is 0 Å². The summed E-state index contributed by atoms with van der Waals surface area (Å²) in [5.74, 6) is 1.03. The van der Waals surface area contributed by atoms with Gasteiger partial charge in [0.25, 0.3) is 0 Å². The van der Waals surface area contributed by atoms with E-state index in [1.165, 1.54) is 12.8 Å². The molecule has 1 aliphatic carbocycles. The second-order valence-electron chi connectivity index (χ2n) is 5.64. The van der Waals surface area contributed by atoms with Crippen LogP contribution in [-0.2, 0) is 14.3 Å². The second-order valence-corrected chi connectivity index (χ2v) is 5.64. The fraction of sp³-hybridized carbons (Fsp3) is 0.929. The summed E-state index contributed by atoms with van der Waals surface area (Å²) in [6.07, 6.45) is 5.27. The first-order valence-corrected chi connectivity index (χ1v) is 7.46. The molecule has 2 aliphatic rings. The Balaban J connectivity index is 1.49. The maximum atomic E-state index is 11.9. The van der Waals surface area contributed by atoms with Crippen molar-refractivity contribution in [1.82, 2.24) is 5.32 Å². The lowest BCUT2D eigenvalue weighted by atomic mass is 9.92. The average molecular weight is 270 g/mol. The molecule has 1 saturated heterocycles. The molecule has 1 aliphatic heterocycles. The van der Waals surface area contributed by atoms with Crippen LogP contribution in [0.3, 0.4) is 0 Å². The van der Waals surface area contributed by atoms with Gasteiger partial charge in [-0.3, -0.25) is 4.79 Å². The molecule has 19 heavy (non-hydrogen) atoms. The molecule has 0 radical (unpaired) electrons. The van der Waals surface area contributed by atoms with Gasteiger partial charge >= 0.3 is 0 Å². The third-order valence-corrected chi connectivity index (χ3v) is 3.89. The molecular weight excluding hydrogens is 244 g/mol. The van der Waals surface area contributed by atoms with E-state index in [-0.39, 0.29) is 11.8 Å². The van der Waals surface area contributed by atoms with Gasteiger partial charge in [0.15, 0.2) is 0 Å². The van der Waals surface area contributed by atoms with Gasteiger partial charge in [-0.15, -0.1) is 0 Å². The number of ether oxygens (including phenoxy) is 2. The van der Waals surface area contributed by atoms with Crippen molar-refractivity contribution in [2.24, 2.45) is 17.6 Å². The minimum Gasteiger partial charge on any atom is -0.381 e. The third kappa shape index (κ3) is 5.47. The summed E-state index contributed by atoms with van der Waals surface area (Å²) in [6.45, 7) is 3.71. The molecule has 5 heteroatoms. The van der Waals surface area contributed by atoms with Crippen LogP contribution in [0.4, 0.5) is 0 Å². The van der Waals surface area contributed by atoms with E-state index in [1.54, 1.807) is 0 Å². The number of hydrogen-bond donors (Lipinski definition) is 2. The molecule has 0 aromatic heterocycles. The first-order valence-electron chi connectivity index (χ1n) is 7.46. The van der Waals surface area contributed by atoms with Gasteiger partial charge in [0.2, 0.25) is 5.91 Å². The zero-order valence-corrected chi connectivity index (χ0v) is 11.6. The molecule has 1 saturated carbocycles. The first-order chi connectivity index (χ1) is 9.27. The Bertz CT molecular complexity index is 276. The molecule has 2 rings (SSSR count). The maximum absolute atomic E-state index is 11.9. The fourth-order valence-corrected chi connectivity index (χ4v) is 2.33. The van der Waals surface area contributed by atoms with Crippen molar-refractivity contribution in [2.75, 3.05) is 33.0 Å². The quantitative estimate of drug-likeness (QED) is 0.636. The minimum absolute atomic E-state index is 0.0332. The number of rotatable bonds is 8.